The fraction of sp³-hybridized carbons (Fsp3) is 0.318. The minimum absolute atomic E-state index is 0.0168. The Hall–Kier alpha value is -2.80. The molecule has 154 valence electrons. The van der Waals surface area contributed by atoms with Crippen molar-refractivity contribution in [2.75, 3.05) is 19.0 Å². The van der Waals surface area contributed by atoms with E-state index in [1.165, 1.54) is 12.1 Å². The molecule has 0 saturated heterocycles. The van der Waals surface area contributed by atoms with E-state index >= 15 is 0 Å². The van der Waals surface area contributed by atoms with Crippen molar-refractivity contribution in [3.8, 4) is 11.5 Å². The number of sulfone groups is 1. The number of fused-ring (bicyclic) bond motifs is 1. The highest BCUT2D eigenvalue weighted by Crippen LogP contribution is 2.29. The van der Waals surface area contributed by atoms with Gasteiger partial charge in [-0.25, -0.2) is 13.2 Å². The Bertz CT molecular complexity index is 1020. The quantitative estimate of drug-likeness (QED) is 0.705. The summed E-state index contributed by atoms with van der Waals surface area (Å²) >= 11 is 0. The van der Waals surface area contributed by atoms with Gasteiger partial charge in [-0.05, 0) is 54.3 Å². The van der Waals surface area contributed by atoms with Gasteiger partial charge in [-0.1, -0.05) is 25.1 Å². The number of rotatable bonds is 8. The van der Waals surface area contributed by atoms with Crippen LogP contribution in [0.25, 0.3) is 6.08 Å². The molecule has 0 radical (unpaired) electrons. The maximum Gasteiger partial charge on any atom is 0.331 e. The summed E-state index contributed by atoms with van der Waals surface area (Å²) in [4.78, 5) is 11.5. The Kier molecular flexibility index (Phi) is 6.59. The highest BCUT2D eigenvalue weighted by molar-refractivity contribution is 7.91. The first kappa shape index (κ1) is 20.9. The Morgan fingerprint density at radius 3 is 2.66 bits per heavy atom. The normalized spacial score (nSPS) is 15.0. The third-order valence-electron chi connectivity index (χ3n) is 4.64. The van der Waals surface area contributed by atoms with Crippen molar-refractivity contribution in [3.63, 3.8) is 0 Å². The molecule has 7 heteroatoms. The summed E-state index contributed by atoms with van der Waals surface area (Å²) in [5.41, 5.74) is 1.46. The second-order valence-corrected chi connectivity index (χ2v) is 8.88. The van der Waals surface area contributed by atoms with Crippen LogP contribution < -0.4 is 9.47 Å². The van der Waals surface area contributed by atoms with Crippen LogP contribution in [-0.4, -0.2) is 38.5 Å². The Morgan fingerprint density at radius 2 is 1.90 bits per heavy atom. The van der Waals surface area contributed by atoms with Crippen LogP contribution in [0.1, 0.15) is 30.9 Å². The second-order valence-electron chi connectivity index (χ2n) is 6.80. The van der Waals surface area contributed by atoms with E-state index in [2.05, 4.69) is 6.92 Å². The summed E-state index contributed by atoms with van der Waals surface area (Å²) in [7, 11) is -3.53. The van der Waals surface area contributed by atoms with Gasteiger partial charge in [-0.2, -0.15) is 0 Å². The predicted octanol–water partition coefficient (Wildman–Crippen LogP) is 3.74. The number of carbonyl (C=O) groups is 1. The summed E-state index contributed by atoms with van der Waals surface area (Å²) in [5.74, 6) is 0.00392. The van der Waals surface area contributed by atoms with Crippen LogP contribution in [0.2, 0.25) is 0 Å². The molecule has 0 fully saturated rings. The molecular formula is C22H24O6S. The molecule has 29 heavy (non-hydrogen) atoms. The summed E-state index contributed by atoms with van der Waals surface area (Å²) in [6, 6.07) is 12.5. The smallest absolute Gasteiger partial charge is 0.331 e. The Balaban J connectivity index is 1.75. The van der Waals surface area contributed by atoms with Gasteiger partial charge >= 0.3 is 5.97 Å². The predicted molar refractivity (Wildman–Crippen MR) is 110 cm³/mol. The van der Waals surface area contributed by atoms with Gasteiger partial charge in [-0.15, -0.1) is 0 Å². The number of carboxylic acids is 1. The first-order valence-corrected chi connectivity index (χ1v) is 11.2. The zero-order chi connectivity index (χ0) is 20.9. The maximum atomic E-state index is 12.4. The molecule has 0 unspecified atom stereocenters. The molecule has 0 aromatic heterocycles. The van der Waals surface area contributed by atoms with Crippen molar-refractivity contribution >= 4 is 21.9 Å². The lowest BCUT2D eigenvalue weighted by Crippen LogP contribution is -2.09. The number of hydrogen-bond donors (Lipinski definition) is 1. The number of hydrogen-bond acceptors (Lipinski definition) is 5. The van der Waals surface area contributed by atoms with Gasteiger partial charge in [-0.3, -0.25) is 0 Å². The highest BCUT2D eigenvalue weighted by atomic mass is 32.2. The van der Waals surface area contributed by atoms with Crippen LogP contribution in [0.5, 0.6) is 11.5 Å². The molecule has 1 aliphatic rings. The monoisotopic (exact) mass is 416 g/mol. The van der Waals surface area contributed by atoms with Crippen LogP contribution >= 0.6 is 0 Å². The Morgan fingerprint density at radius 1 is 1.10 bits per heavy atom. The van der Waals surface area contributed by atoms with E-state index in [1.807, 2.05) is 24.3 Å². The molecule has 6 nitrogen and oxygen atoms in total. The lowest BCUT2D eigenvalue weighted by molar-refractivity contribution is -0.132. The minimum Gasteiger partial charge on any atom is -0.493 e. The van der Waals surface area contributed by atoms with E-state index in [1.54, 1.807) is 12.1 Å². The molecule has 2 aromatic rings. The topological polar surface area (TPSA) is 89.9 Å². The van der Waals surface area contributed by atoms with Gasteiger partial charge in [0.05, 0.1) is 23.9 Å². The van der Waals surface area contributed by atoms with E-state index in [4.69, 9.17) is 9.47 Å². The third-order valence-corrected chi connectivity index (χ3v) is 6.42. The summed E-state index contributed by atoms with van der Waals surface area (Å²) in [5, 5.41) is 9.28. The van der Waals surface area contributed by atoms with Crippen molar-refractivity contribution < 1.29 is 27.8 Å². The van der Waals surface area contributed by atoms with Gasteiger partial charge in [0.25, 0.3) is 0 Å². The van der Waals surface area contributed by atoms with Crippen LogP contribution in [0.4, 0.5) is 0 Å². The molecule has 3 rings (SSSR count). The fourth-order valence-electron chi connectivity index (χ4n) is 3.14. The average molecular weight is 416 g/mol. The zero-order valence-electron chi connectivity index (χ0n) is 16.3. The number of para-hydroxylation sites is 1. The molecule has 0 amide bonds. The van der Waals surface area contributed by atoms with Gasteiger partial charge in [0.1, 0.15) is 11.5 Å². The highest BCUT2D eigenvalue weighted by Gasteiger charge is 2.24. The van der Waals surface area contributed by atoms with Crippen molar-refractivity contribution in [1.82, 2.24) is 0 Å². The molecule has 0 spiro atoms. The Labute approximate surface area is 170 Å². The first-order valence-electron chi connectivity index (χ1n) is 9.55. The summed E-state index contributed by atoms with van der Waals surface area (Å²) < 4.78 is 36.4. The zero-order valence-corrected chi connectivity index (χ0v) is 17.1. The van der Waals surface area contributed by atoms with Crippen LogP contribution in [0.3, 0.4) is 0 Å². The average Bonchev–Trinajstić information content (AvgIpc) is 2.83. The van der Waals surface area contributed by atoms with E-state index in [9.17, 15) is 18.3 Å². The van der Waals surface area contributed by atoms with Crippen LogP contribution in [-0.2, 0) is 21.1 Å². The largest absolute Gasteiger partial charge is 0.493 e. The molecule has 1 heterocycles. The molecule has 0 atom stereocenters. The van der Waals surface area contributed by atoms with Crippen molar-refractivity contribution in [3.05, 3.63) is 59.2 Å². The summed E-state index contributed by atoms with van der Waals surface area (Å²) in [6.45, 7) is 3.08. The molecule has 2 aromatic carbocycles. The number of ether oxygens (including phenoxy) is 2. The van der Waals surface area contributed by atoms with Crippen LogP contribution in [0, 0.1) is 0 Å². The van der Waals surface area contributed by atoms with Crippen molar-refractivity contribution in [2.45, 2.75) is 31.1 Å². The molecule has 0 saturated carbocycles. The van der Waals surface area contributed by atoms with Crippen molar-refractivity contribution in [1.29, 1.82) is 0 Å². The number of aliphatic carboxylic acids is 1. The molecular weight excluding hydrogens is 392 g/mol. The van der Waals surface area contributed by atoms with E-state index in [-0.39, 0.29) is 22.6 Å². The van der Waals surface area contributed by atoms with E-state index in [0.29, 0.717) is 30.9 Å². The molecule has 1 N–H and O–H groups in total. The van der Waals surface area contributed by atoms with Gasteiger partial charge < -0.3 is 14.6 Å². The van der Waals surface area contributed by atoms with E-state index < -0.39 is 15.8 Å². The van der Waals surface area contributed by atoms with E-state index in [0.717, 1.165) is 17.7 Å². The lowest BCUT2D eigenvalue weighted by Gasteiger charge is -2.12. The van der Waals surface area contributed by atoms with Crippen molar-refractivity contribution in [2.24, 2.45) is 0 Å². The van der Waals surface area contributed by atoms with Gasteiger partial charge in [0, 0.05) is 12.0 Å². The fourth-order valence-corrected chi connectivity index (χ4v) is 4.60. The first-order chi connectivity index (χ1) is 13.9. The number of carboxylic acid groups (broad SMARTS) is 1. The SMILES string of the molecule is CCCOc1ccccc1CCOc1ccc2c(c1)C=C(C(=O)O)CCS2(=O)=O. The molecule has 1 aliphatic heterocycles. The van der Waals surface area contributed by atoms with Gasteiger partial charge in [0.2, 0.25) is 0 Å². The van der Waals surface area contributed by atoms with Crippen LogP contribution in [0.15, 0.2) is 52.9 Å². The molecule has 0 bridgehead atoms. The number of benzene rings is 2. The summed E-state index contributed by atoms with van der Waals surface area (Å²) in [6.07, 6.45) is 2.96. The molecule has 0 aliphatic carbocycles. The second kappa shape index (κ2) is 9.13. The maximum absolute atomic E-state index is 12.4. The third kappa shape index (κ3) is 5.17. The lowest BCUT2D eigenvalue weighted by atomic mass is 10.1. The standard InChI is InChI=1S/C22H24O6S/c1-2-11-28-20-6-4-3-5-16(20)9-12-27-19-7-8-21-18(15-19)14-17(22(23)24)10-13-29(21,25)26/h3-8,14-15H,2,9-13H2,1H3,(H,23,24). The van der Waals surface area contributed by atoms with Gasteiger partial charge in [0.15, 0.2) is 9.84 Å². The minimum atomic E-state index is -3.53.